The lowest BCUT2D eigenvalue weighted by Gasteiger charge is -2.10. The van der Waals surface area contributed by atoms with E-state index in [1.165, 1.54) is 0 Å². The van der Waals surface area contributed by atoms with Crippen molar-refractivity contribution in [2.75, 3.05) is 11.9 Å². The van der Waals surface area contributed by atoms with E-state index in [4.69, 9.17) is 13.7 Å². The summed E-state index contributed by atoms with van der Waals surface area (Å²) in [6.45, 7) is 2.66. The SMILES string of the molecule is Cc1ccc2oc(-c3noc(-c4cccc(NC(=O)C5CCCO5)c4)n3)cc2c1. The van der Waals surface area contributed by atoms with Gasteiger partial charge in [0.25, 0.3) is 11.8 Å². The van der Waals surface area contributed by atoms with Crippen LogP contribution in [0, 0.1) is 6.92 Å². The molecule has 7 heteroatoms. The van der Waals surface area contributed by atoms with Crippen LogP contribution in [-0.2, 0) is 9.53 Å². The van der Waals surface area contributed by atoms with Crippen LogP contribution in [0.25, 0.3) is 34.0 Å². The predicted octanol–water partition coefficient (Wildman–Crippen LogP) is 4.58. The highest BCUT2D eigenvalue weighted by molar-refractivity contribution is 5.94. The minimum Gasteiger partial charge on any atom is -0.453 e. The molecule has 2 aromatic carbocycles. The molecule has 1 aliphatic heterocycles. The average Bonchev–Trinajstić information content (AvgIpc) is 3.47. The lowest BCUT2D eigenvalue weighted by atomic mass is 10.2. The Morgan fingerprint density at radius 1 is 1.17 bits per heavy atom. The number of nitrogens with zero attached hydrogens (tertiary/aromatic N) is 2. The number of carbonyl (C=O) groups excluding carboxylic acids is 1. The standard InChI is InChI=1S/C22H19N3O4/c1-13-7-8-17-15(10-13)12-19(28-17)20-24-22(29-25-20)14-4-2-5-16(11-14)23-21(26)18-6-3-9-27-18/h2,4-5,7-8,10-12,18H,3,6,9H2,1H3,(H,23,26). The van der Waals surface area contributed by atoms with Gasteiger partial charge in [-0.05, 0) is 56.2 Å². The molecule has 0 spiro atoms. The third kappa shape index (κ3) is 3.52. The lowest BCUT2D eigenvalue weighted by Crippen LogP contribution is -2.26. The van der Waals surface area contributed by atoms with Gasteiger partial charge in [0.05, 0.1) is 0 Å². The molecule has 2 aromatic heterocycles. The average molecular weight is 389 g/mol. The molecule has 1 N–H and O–H groups in total. The first-order valence-electron chi connectivity index (χ1n) is 9.53. The Labute approximate surface area is 166 Å². The van der Waals surface area contributed by atoms with Crippen molar-refractivity contribution in [3.63, 3.8) is 0 Å². The van der Waals surface area contributed by atoms with Gasteiger partial charge in [0.2, 0.25) is 5.82 Å². The Bertz CT molecular complexity index is 1190. The Kier molecular flexibility index (Phi) is 4.37. The van der Waals surface area contributed by atoms with Gasteiger partial charge in [-0.25, -0.2) is 0 Å². The summed E-state index contributed by atoms with van der Waals surface area (Å²) >= 11 is 0. The zero-order chi connectivity index (χ0) is 19.8. The van der Waals surface area contributed by atoms with Crippen LogP contribution in [0.1, 0.15) is 18.4 Å². The second-order valence-corrected chi connectivity index (χ2v) is 7.15. The first-order valence-corrected chi connectivity index (χ1v) is 9.53. The molecule has 1 atom stereocenters. The van der Waals surface area contributed by atoms with Crippen LogP contribution >= 0.6 is 0 Å². The molecule has 1 unspecified atom stereocenters. The van der Waals surface area contributed by atoms with E-state index in [0.29, 0.717) is 35.3 Å². The normalized spacial score (nSPS) is 16.4. The summed E-state index contributed by atoms with van der Waals surface area (Å²) in [6, 6.07) is 15.2. The monoisotopic (exact) mass is 389 g/mol. The molecule has 5 rings (SSSR count). The van der Waals surface area contributed by atoms with Crippen LogP contribution in [0.15, 0.2) is 57.5 Å². The van der Waals surface area contributed by atoms with Crippen molar-refractivity contribution in [3.05, 3.63) is 54.1 Å². The number of hydrogen-bond acceptors (Lipinski definition) is 6. The second-order valence-electron chi connectivity index (χ2n) is 7.15. The van der Waals surface area contributed by atoms with E-state index in [-0.39, 0.29) is 12.0 Å². The van der Waals surface area contributed by atoms with Crippen molar-refractivity contribution in [3.8, 4) is 23.0 Å². The summed E-state index contributed by atoms with van der Waals surface area (Å²) in [5.74, 6) is 1.14. The fourth-order valence-corrected chi connectivity index (χ4v) is 3.45. The molecule has 0 radical (unpaired) electrons. The van der Waals surface area contributed by atoms with Crippen LogP contribution in [0.3, 0.4) is 0 Å². The fourth-order valence-electron chi connectivity index (χ4n) is 3.45. The molecule has 0 bridgehead atoms. The summed E-state index contributed by atoms with van der Waals surface area (Å²) in [6.07, 6.45) is 1.27. The summed E-state index contributed by atoms with van der Waals surface area (Å²) in [7, 11) is 0. The third-order valence-electron chi connectivity index (χ3n) is 4.92. The minimum atomic E-state index is -0.384. The van der Waals surface area contributed by atoms with Crippen LogP contribution in [0.4, 0.5) is 5.69 Å². The van der Waals surface area contributed by atoms with Crippen LogP contribution < -0.4 is 5.32 Å². The molecular weight excluding hydrogens is 370 g/mol. The van der Waals surface area contributed by atoms with Crippen LogP contribution in [0.2, 0.25) is 0 Å². The first kappa shape index (κ1) is 17.6. The van der Waals surface area contributed by atoms with Gasteiger partial charge in [0.15, 0.2) is 5.76 Å². The Balaban J connectivity index is 1.39. The molecule has 4 aromatic rings. The van der Waals surface area contributed by atoms with Crippen molar-refractivity contribution in [2.45, 2.75) is 25.9 Å². The number of fused-ring (bicyclic) bond motifs is 1. The van der Waals surface area contributed by atoms with E-state index in [1.54, 1.807) is 6.07 Å². The smallest absolute Gasteiger partial charge is 0.258 e. The fraction of sp³-hybridized carbons (Fsp3) is 0.227. The van der Waals surface area contributed by atoms with Crippen molar-refractivity contribution in [1.82, 2.24) is 10.1 Å². The Hall–Kier alpha value is -3.45. The molecule has 1 aliphatic rings. The van der Waals surface area contributed by atoms with Gasteiger partial charge in [-0.3, -0.25) is 4.79 Å². The summed E-state index contributed by atoms with van der Waals surface area (Å²) in [4.78, 5) is 16.7. The molecule has 1 fully saturated rings. The maximum Gasteiger partial charge on any atom is 0.258 e. The van der Waals surface area contributed by atoms with Crippen molar-refractivity contribution in [1.29, 1.82) is 0 Å². The largest absolute Gasteiger partial charge is 0.453 e. The Morgan fingerprint density at radius 2 is 2.10 bits per heavy atom. The number of hydrogen-bond donors (Lipinski definition) is 1. The van der Waals surface area contributed by atoms with Gasteiger partial charge in [-0.15, -0.1) is 0 Å². The third-order valence-corrected chi connectivity index (χ3v) is 4.92. The summed E-state index contributed by atoms with van der Waals surface area (Å²) < 4.78 is 16.7. The number of rotatable bonds is 4. The van der Waals surface area contributed by atoms with Crippen molar-refractivity contribution >= 4 is 22.6 Å². The van der Waals surface area contributed by atoms with Gasteiger partial charge in [-0.2, -0.15) is 4.98 Å². The molecule has 146 valence electrons. The van der Waals surface area contributed by atoms with Gasteiger partial charge < -0.3 is 19.0 Å². The maximum atomic E-state index is 12.3. The van der Waals surface area contributed by atoms with Gasteiger partial charge in [0.1, 0.15) is 11.7 Å². The number of aryl methyl sites for hydroxylation is 1. The highest BCUT2D eigenvalue weighted by atomic mass is 16.5. The Morgan fingerprint density at radius 3 is 2.97 bits per heavy atom. The maximum absolute atomic E-state index is 12.3. The van der Waals surface area contributed by atoms with Gasteiger partial charge in [-0.1, -0.05) is 22.9 Å². The van der Waals surface area contributed by atoms with Gasteiger partial charge in [0, 0.05) is 23.2 Å². The predicted molar refractivity (Wildman–Crippen MR) is 107 cm³/mol. The molecular formula is C22H19N3O4. The van der Waals surface area contributed by atoms with E-state index >= 15 is 0 Å². The topological polar surface area (TPSA) is 90.4 Å². The molecule has 7 nitrogen and oxygen atoms in total. The summed E-state index contributed by atoms with van der Waals surface area (Å²) in [5, 5.41) is 7.92. The first-order chi connectivity index (χ1) is 14.2. The van der Waals surface area contributed by atoms with E-state index < -0.39 is 0 Å². The molecule has 3 heterocycles. The highest BCUT2D eigenvalue weighted by Crippen LogP contribution is 2.29. The van der Waals surface area contributed by atoms with Gasteiger partial charge >= 0.3 is 0 Å². The number of nitrogens with one attached hydrogen (secondary N) is 1. The highest BCUT2D eigenvalue weighted by Gasteiger charge is 2.23. The molecule has 0 saturated carbocycles. The number of carbonyl (C=O) groups is 1. The number of amides is 1. The van der Waals surface area contributed by atoms with E-state index in [9.17, 15) is 4.79 Å². The molecule has 1 amide bonds. The quantitative estimate of drug-likeness (QED) is 0.550. The number of anilines is 1. The number of benzene rings is 2. The number of ether oxygens (including phenoxy) is 1. The molecule has 29 heavy (non-hydrogen) atoms. The van der Waals surface area contributed by atoms with Crippen molar-refractivity contribution < 1.29 is 18.5 Å². The van der Waals surface area contributed by atoms with Crippen LogP contribution in [0.5, 0.6) is 0 Å². The second kappa shape index (κ2) is 7.18. The van der Waals surface area contributed by atoms with E-state index in [2.05, 4.69) is 15.5 Å². The summed E-state index contributed by atoms with van der Waals surface area (Å²) in [5.41, 5.74) is 3.29. The molecule has 0 aliphatic carbocycles. The number of aromatic nitrogens is 2. The minimum absolute atomic E-state index is 0.136. The molecule has 1 saturated heterocycles. The van der Waals surface area contributed by atoms with E-state index in [1.807, 2.05) is 49.4 Å². The van der Waals surface area contributed by atoms with Crippen LogP contribution in [-0.4, -0.2) is 28.8 Å². The number of furan rings is 1. The van der Waals surface area contributed by atoms with E-state index in [0.717, 1.165) is 29.4 Å². The van der Waals surface area contributed by atoms with Crippen molar-refractivity contribution in [2.24, 2.45) is 0 Å². The lowest BCUT2D eigenvalue weighted by molar-refractivity contribution is -0.124. The zero-order valence-electron chi connectivity index (χ0n) is 15.8. The zero-order valence-corrected chi connectivity index (χ0v) is 15.8.